The van der Waals surface area contributed by atoms with Gasteiger partial charge >= 0.3 is 0 Å². The van der Waals surface area contributed by atoms with Crippen molar-refractivity contribution in [3.05, 3.63) is 0 Å². The Morgan fingerprint density at radius 3 is 1.25 bits per heavy atom. The lowest BCUT2D eigenvalue weighted by Crippen LogP contribution is -2.51. The highest BCUT2D eigenvalue weighted by atomic mass is 32.1. The Bertz CT molecular complexity index is 211. The lowest BCUT2D eigenvalue weighted by atomic mass is 9.87. The third kappa shape index (κ3) is 5.69. The second kappa shape index (κ2) is 5.35. The van der Waals surface area contributed by atoms with E-state index in [1.54, 1.807) is 0 Å². The van der Waals surface area contributed by atoms with Crippen molar-refractivity contribution in [1.82, 2.24) is 10.6 Å². The minimum absolute atomic E-state index is 0.219. The van der Waals surface area contributed by atoms with E-state index >= 15 is 0 Å². The number of hydrogen-bond donors (Lipinski definition) is 2. The Morgan fingerprint density at radius 2 is 1.06 bits per heavy atom. The smallest absolute Gasteiger partial charge is 0.166 e. The first kappa shape index (κ1) is 15.7. The quantitative estimate of drug-likeness (QED) is 0.729. The maximum Gasteiger partial charge on any atom is 0.166 e. The Balaban J connectivity index is 4.21. The number of rotatable bonds is 2. The Labute approximate surface area is 107 Å². The highest BCUT2D eigenvalue weighted by molar-refractivity contribution is 7.80. The number of nitrogens with one attached hydrogen (secondary N) is 2. The molecule has 0 fully saturated rings. The molecule has 2 N–H and O–H groups in total. The van der Waals surface area contributed by atoms with Gasteiger partial charge in [-0.15, -0.1) is 0 Å². The van der Waals surface area contributed by atoms with Crippen LogP contribution >= 0.6 is 12.2 Å². The summed E-state index contributed by atoms with van der Waals surface area (Å²) < 4.78 is 0. The summed E-state index contributed by atoms with van der Waals surface area (Å²) in [7, 11) is 0. The molecule has 0 aliphatic heterocycles. The first-order chi connectivity index (χ1) is 6.94. The molecule has 0 aromatic carbocycles. The molecule has 2 nitrogen and oxygen atoms in total. The third-order valence-corrected chi connectivity index (χ3v) is 3.53. The number of thiocarbonyl (C=S) groups is 1. The SMILES string of the molecule is C[C@@H](NC(=S)N[C@H](C)C(C)(C)C)C(C)(C)C. The summed E-state index contributed by atoms with van der Waals surface area (Å²) >= 11 is 5.32. The van der Waals surface area contributed by atoms with E-state index in [9.17, 15) is 0 Å². The summed E-state index contributed by atoms with van der Waals surface area (Å²) in [6.45, 7) is 17.6. The van der Waals surface area contributed by atoms with Crippen molar-refractivity contribution < 1.29 is 0 Å². The minimum atomic E-state index is 0.219. The van der Waals surface area contributed by atoms with Crippen molar-refractivity contribution >= 4 is 17.3 Å². The van der Waals surface area contributed by atoms with Crippen LogP contribution < -0.4 is 10.6 Å². The molecule has 0 aromatic heterocycles. The largest absolute Gasteiger partial charge is 0.360 e. The van der Waals surface area contributed by atoms with Gasteiger partial charge in [0.25, 0.3) is 0 Å². The average molecular weight is 244 g/mol. The fourth-order valence-electron chi connectivity index (χ4n) is 0.868. The zero-order chi connectivity index (χ0) is 13.1. The predicted molar refractivity (Wildman–Crippen MR) is 76.7 cm³/mol. The van der Waals surface area contributed by atoms with Crippen LogP contribution in [0.4, 0.5) is 0 Å². The van der Waals surface area contributed by atoms with Crippen molar-refractivity contribution in [2.24, 2.45) is 10.8 Å². The van der Waals surface area contributed by atoms with Crippen LogP contribution in [0.5, 0.6) is 0 Å². The molecule has 0 saturated carbocycles. The first-order valence-electron chi connectivity index (χ1n) is 6.01. The van der Waals surface area contributed by atoms with Gasteiger partial charge in [0.15, 0.2) is 5.11 Å². The van der Waals surface area contributed by atoms with Crippen LogP contribution in [-0.2, 0) is 0 Å². The van der Waals surface area contributed by atoms with Crippen LogP contribution in [0.1, 0.15) is 55.4 Å². The van der Waals surface area contributed by atoms with Gasteiger partial charge in [0.05, 0.1) is 0 Å². The van der Waals surface area contributed by atoms with Gasteiger partial charge in [0, 0.05) is 12.1 Å². The molecule has 0 amide bonds. The van der Waals surface area contributed by atoms with Gasteiger partial charge in [0.2, 0.25) is 0 Å². The van der Waals surface area contributed by atoms with Crippen molar-refractivity contribution in [1.29, 1.82) is 0 Å². The Kier molecular flexibility index (Phi) is 5.24. The average Bonchev–Trinajstić information content (AvgIpc) is 1.99. The normalized spacial score (nSPS) is 16.5. The summed E-state index contributed by atoms with van der Waals surface area (Å²) in [6, 6.07) is 0.722. The monoisotopic (exact) mass is 244 g/mol. The minimum Gasteiger partial charge on any atom is -0.360 e. The molecular formula is C13H28N2S. The summed E-state index contributed by atoms with van der Waals surface area (Å²) in [5, 5.41) is 7.44. The highest BCUT2D eigenvalue weighted by Gasteiger charge is 2.23. The van der Waals surface area contributed by atoms with Crippen molar-refractivity contribution in [2.45, 2.75) is 67.5 Å². The van der Waals surface area contributed by atoms with E-state index in [1.807, 2.05) is 0 Å². The molecule has 0 rings (SSSR count). The van der Waals surface area contributed by atoms with E-state index in [-0.39, 0.29) is 10.8 Å². The summed E-state index contributed by atoms with van der Waals surface area (Å²) in [4.78, 5) is 0. The summed E-state index contributed by atoms with van der Waals surface area (Å²) in [6.07, 6.45) is 0. The third-order valence-electron chi connectivity index (χ3n) is 3.29. The van der Waals surface area contributed by atoms with E-state index in [2.05, 4.69) is 66.0 Å². The van der Waals surface area contributed by atoms with Gasteiger partial charge in [-0.1, -0.05) is 41.5 Å². The second-order valence-corrected chi connectivity index (χ2v) is 7.20. The van der Waals surface area contributed by atoms with Crippen LogP contribution in [0.15, 0.2) is 0 Å². The molecule has 0 aliphatic rings. The zero-order valence-electron chi connectivity index (χ0n) is 12.1. The van der Waals surface area contributed by atoms with Crippen molar-refractivity contribution in [3.8, 4) is 0 Å². The lowest BCUT2D eigenvalue weighted by molar-refractivity contribution is 0.298. The molecular weight excluding hydrogens is 216 g/mol. The molecule has 0 radical (unpaired) electrons. The maximum atomic E-state index is 5.32. The van der Waals surface area contributed by atoms with Crippen LogP contribution in [0.25, 0.3) is 0 Å². The van der Waals surface area contributed by atoms with E-state index in [1.165, 1.54) is 0 Å². The molecule has 0 unspecified atom stereocenters. The van der Waals surface area contributed by atoms with E-state index < -0.39 is 0 Å². The van der Waals surface area contributed by atoms with E-state index in [0.717, 1.165) is 5.11 Å². The number of hydrogen-bond acceptors (Lipinski definition) is 1. The van der Waals surface area contributed by atoms with E-state index in [4.69, 9.17) is 12.2 Å². The predicted octanol–water partition coefficient (Wildman–Crippen LogP) is 3.32. The van der Waals surface area contributed by atoms with Crippen LogP contribution in [0.2, 0.25) is 0 Å². The fraction of sp³-hybridized carbons (Fsp3) is 0.923. The second-order valence-electron chi connectivity index (χ2n) is 6.79. The van der Waals surface area contributed by atoms with E-state index in [0.29, 0.717) is 12.1 Å². The first-order valence-corrected chi connectivity index (χ1v) is 6.42. The molecule has 0 spiro atoms. The van der Waals surface area contributed by atoms with Gasteiger partial charge in [0.1, 0.15) is 0 Å². The Hall–Kier alpha value is -0.310. The summed E-state index contributed by atoms with van der Waals surface area (Å²) in [5.74, 6) is 0. The topological polar surface area (TPSA) is 24.1 Å². The molecule has 0 heterocycles. The fourth-order valence-corrected chi connectivity index (χ4v) is 1.22. The van der Waals surface area contributed by atoms with Gasteiger partial charge in [-0.2, -0.15) is 0 Å². The van der Waals surface area contributed by atoms with Gasteiger partial charge < -0.3 is 10.6 Å². The van der Waals surface area contributed by atoms with Crippen LogP contribution in [0, 0.1) is 10.8 Å². The van der Waals surface area contributed by atoms with Crippen molar-refractivity contribution in [2.75, 3.05) is 0 Å². The molecule has 0 saturated heterocycles. The zero-order valence-corrected chi connectivity index (χ0v) is 12.9. The Morgan fingerprint density at radius 1 is 0.812 bits per heavy atom. The molecule has 3 heteroatoms. The summed E-state index contributed by atoms with van der Waals surface area (Å²) in [5.41, 5.74) is 0.438. The highest BCUT2D eigenvalue weighted by Crippen LogP contribution is 2.20. The van der Waals surface area contributed by atoms with Crippen LogP contribution in [0.3, 0.4) is 0 Å². The molecule has 2 atom stereocenters. The lowest BCUT2D eigenvalue weighted by Gasteiger charge is -2.33. The molecule has 0 aromatic rings. The maximum absolute atomic E-state index is 5.32. The molecule has 0 aliphatic carbocycles. The van der Waals surface area contributed by atoms with Crippen LogP contribution in [-0.4, -0.2) is 17.2 Å². The molecule has 16 heavy (non-hydrogen) atoms. The molecule has 0 bridgehead atoms. The van der Waals surface area contributed by atoms with Gasteiger partial charge in [-0.3, -0.25) is 0 Å². The van der Waals surface area contributed by atoms with Gasteiger partial charge in [-0.25, -0.2) is 0 Å². The molecule has 96 valence electrons. The van der Waals surface area contributed by atoms with Crippen molar-refractivity contribution in [3.63, 3.8) is 0 Å². The standard InChI is InChI=1S/C13H28N2S/c1-9(12(3,4)5)14-11(16)15-10(2)13(6,7)8/h9-10H,1-8H3,(H2,14,15,16)/t9-,10-/m1/s1. The van der Waals surface area contributed by atoms with Gasteiger partial charge in [-0.05, 0) is 36.9 Å².